The lowest BCUT2D eigenvalue weighted by molar-refractivity contribution is -0.0581. The van der Waals surface area contributed by atoms with E-state index in [1.165, 1.54) is 0 Å². The Morgan fingerprint density at radius 3 is 2.54 bits per heavy atom. The summed E-state index contributed by atoms with van der Waals surface area (Å²) in [5.41, 5.74) is 2.39. The largest absolute Gasteiger partial charge is 0.490 e. The second-order valence-electron chi connectivity index (χ2n) is 6.86. The monoisotopic (exact) mass is 379 g/mol. The van der Waals surface area contributed by atoms with E-state index < -0.39 is 5.92 Å². The van der Waals surface area contributed by atoms with E-state index in [1.807, 2.05) is 30.5 Å². The fraction of sp³-hybridized carbons (Fsp3) is 0.450. The third-order valence-electron chi connectivity index (χ3n) is 4.82. The van der Waals surface area contributed by atoms with Crippen molar-refractivity contribution in [2.75, 3.05) is 6.26 Å². The van der Waals surface area contributed by atoms with E-state index in [-0.39, 0.29) is 24.5 Å². The normalized spacial score (nSPS) is 17.3. The van der Waals surface area contributed by atoms with Crippen LogP contribution in [0.25, 0.3) is 11.1 Å². The van der Waals surface area contributed by atoms with Crippen LogP contribution in [0.2, 0.25) is 0 Å². The molecule has 6 heteroatoms. The van der Waals surface area contributed by atoms with Crippen molar-refractivity contribution in [3.63, 3.8) is 0 Å². The molecule has 3 nitrogen and oxygen atoms in total. The molecule has 0 spiro atoms. The predicted molar refractivity (Wildman–Crippen MR) is 101 cm³/mol. The molecule has 1 aliphatic carbocycles. The molecule has 140 valence electrons. The molecule has 0 bridgehead atoms. The summed E-state index contributed by atoms with van der Waals surface area (Å²) >= 11 is 1.62. The molecule has 26 heavy (non-hydrogen) atoms. The molecule has 1 saturated carbocycles. The number of alkyl halides is 2. The third-order valence-corrected chi connectivity index (χ3v) is 5.54. The van der Waals surface area contributed by atoms with Gasteiger partial charge in [0, 0.05) is 47.7 Å². The lowest BCUT2D eigenvalue weighted by atomic mass is 9.94. The quantitative estimate of drug-likeness (QED) is 0.698. The fourth-order valence-corrected chi connectivity index (χ4v) is 3.74. The van der Waals surface area contributed by atoms with Gasteiger partial charge in [0.2, 0.25) is 5.92 Å². The first-order chi connectivity index (χ1) is 12.3. The van der Waals surface area contributed by atoms with Crippen LogP contribution in [0.5, 0.6) is 5.75 Å². The second-order valence-corrected chi connectivity index (χ2v) is 7.74. The van der Waals surface area contributed by atoms with Crippen molar-refractivity contribution < 1.29 is 13.5 Å². The summed E-state index contributed by atoms with van der Waals surface area (Å²) in [4.78, 5) is 13.1. The number of benzene rings is 1. The van der Waals surface area contributed by atoms with E-state index in [9.17, 15) is 13.6 Å². The molecule has 0 atom stereocenters. The van der Waals surface area contributed by atoms with Crippen LogP contribution in [0.4, 0.5) is 8.78 Å². The van der Waals surface area contributed by atoms with Crippen molar-refractivity contribution in [1.29, 1.82) is 0 Å². The summed E-state index contributed by atoms with van der Waals surface area (Å²) in [6, 6.07) is 7.74. The standard InChI is InChI=1S/C20H23F2NO2S/c1-13-10-14(12-23(2)19(13)24)17-11-16(26-3)4-5-18(17)25-15-6-8-20(21,22)9-7-15/h4-5,10-12,15H,6-9H2,1-3H3. The minimum Gasteiger partial charge on any atom is -0.490 e. The average Bonchev–Trinajstić information content (AvgIpc) is 2.61. The fourth-order valence-electron chi connectivity index (χ4n) is 3.30. The Morgan fingerprint density at radius 1 is 1.23 bits per heavy atom. The molecule has 2 aromatic rings. The van der Waals surface area contributed by atoms with Gasteiger partial charge < -0.3 is 9.30 Å². The molecule has 3 rings (SSSR count). The van der Waals surface area contributed by atoms with E-state index in [2.05, 4.69) is 0 Å². The number of hydrogen-bond acceptors (Lipinski definition) is 3. The molecule has 1 heterocycles. The molecule has 0 amide bonds. The smallest absolute Gasteiger partial charge is 0.253 e. The Bertz CT molecular complexity index is 827. The minimum absolute atomic E-state index is 0.0354. The molecule has 1 aliphatic rings. The van der Waals surface area contributed by atoms with Crippen LogP contribution in [0.1, 0.15) is 31.2 Å². The van der Waals surface area contributed by atoms with E-state index in [0.717, 1.165) is 16.0 Å². The second kappa shape index (κ2) is 7.43. The van der Waals surface area contributed by atoms with Crippen molar-refractivity contribution >= 4 is 11.8 Å². The highest BCUT2D eigenvalue weighted by atomic mass is 32.2. The minimum atomic E-state index is -2.57. The van der Waals surface area contributed by atoms with Crippen LogP contribution in [-0.2, 0) is 7.05 Å². The van der Waals surface area contributed by atoms with Crippen molar-refractivity contribution in [3.05, 3.63) is 46.4 Å². The van der Waals surface area contributed by atoms with Crippen LogP contribution in [0, 0.1) is 6.92 Å². The van der Waals surface area contributed by atoms with Gasteiger partial charge in [0.15, 0.2) is 0 Å². The third kappa shape index (κ3) is 4.11. The van der Waals surface area contributed by atoms with Crippen LogP contribution in [0.15, 0.2) is 40.2 Å². The van der Waals surface area contributed by atoms with Gasteiger partial charge in [0.25, 0.3) is 5.56 Å². The summed E-state index contributed by atoms with van der Waals surface area (Å²) in [6.45, 7) is 1.79. The maximum atomic E-state index is 13.4. The van der Waals surface area contributed by atoms with Gasteiger partial charge in [0.05, 0.1) is 6.10 Å². The number of thioether (sulfide) groups is 1. The van der Waals surface area contributed by atoms with E-state index in [1.54, 1.807) is 36.5 Å². The molecule has 1 fully saturated rings. The Hall–Kier alpha value is -1.82. The zero-order valence-corrected chi connectivity index (χ0v) is 16.0. The molecular formula is C20H23F2NO2S. The van der Waals surface area contributed by atoms with Crippen LogP contribution < -0.4 is 10.3 Å². The average molecular weight is 379 g/mol. The van der Waals surface area contributed by atoms with Gasteiger partial charge in [-0.05, 0) is 50.3 Å². The Labute approximate surface area is 156 Å². The summed E-state index contributed by atoms with van der Waals surface area (Å²) in [5.74, 6) is -1.89. The molecule has 0 saturated heterocycles. The number of aromatic nitrogens is 1. The van der Waals surface area contributed by atoms with E-state index in [0.29, 0.717) is 24.2 Å². The Morgan fingerprint density at radius 2 is 1.92 bits per heavy atom. The lowest BCUT2D eigenvalue weighted by Gasteiger charge is -2.29. The lowest BCUT2D eigenvalue weighted by Crippen LogP contribution is -2.30. The first-order valence-electron chi connectivity index (χ1n) is 8.69. The number of hydrogen-bond donors (Lipinski definition) is 0. The highest BCUT2D eigenvalue weighted by Gasteiger charge is 2.35. The van der Waals surface area contributed by atoms with Crippen molar-refractivity contribution in [2.24, 2.45) is 7.05 Å². The first kappa shape index (κ1) is 19.0. The summed E-state index contributed by atoms with van der Waals surface area (Å²) in [7, 11) is 1.72. The number of pyridine rings is 1. The molecular weight excluding hydrogens is 356 g/mol. The van der Waals surface area contributed by atoms with Crippen molar-refractivity contribution in [2.45, 2.75) is 49.5 Å². The zero-order valence-electron chi connectivity index (χ0n) is 15.2. The zero-order chi connectivity index (χ0) is 18.9. The van der Waals surface area contributed by atoms with Crippen LogP contribution in [0.3, 0.4) is 0 Å². The molecule has 0 aliphatic heterocycles. The molecule has 0 unspecified atom stereocenters. The highest BCUT2D eigenvalue weighted by molar-refractivity contribution is 7.98. The first-order valence-corrected chi connectivity index (χ1v) is 9.92. The number of aryl methyl sites for hydroxylation is 2. The van der Waals surface area contributed by atoms with Gasteiger partial charge in [-0.15, -0.1) is 11.8 Å². The van der Waals surface area contributed by atoms with Gasteiger partial charge in [-0.3, -0.25) is 4.79 Å². The highest BCUT2D eigenvalue weighted by Crippen LogP contribution is 2.38. The number of rotatable bonds is 4. The van der Waals surface area contributed by atoms with Gasteiger partial charge in [-0.1, -0.05) is 0 Å². The summed E-state index contributed by atoms with van der Waals surface area (Å²) < 4.78 is 34.5. The summed E-state index contributed by atoms with van der Waals surface area (Å²) in [5, 5.41) is 0. The molecule has 0 N–H and O–H groups in total. The molecule has 1 aromatic carbocycles. The number of ether oxygens (including phenoxy) is 1. The number of halogens is 2. The topological polar surface area (TPSA) is 31.2 Å². The maximum absolute atomic E-state index is 13.4. The molecule has 0 radical (unpaired) electrons. The molecule has 1 aromatic heterocycles. The number of nitrogens with zero attached hydrogens (tertiary/aromatic N) is 1. The summed E-state index contributed by atoms with van der Waals surface area (Å²) in [6.07, 6.45) is 4.02. The Balaban J connectivity index is 1.95. The van der Waals surface area contributed by atoms with Gasteiger partial charge >= 0.3 is 0 Å². The van der Waals surface area contributed by atoms with Gasteiger partial charge in [-0.2, -0.15) is 0 Å². The van der Waals surface area contributed by atoms with Crippen LogP contribution in [-0.4, -0.2) is 22.8 Å². The van der Waals surface area contributed by atoms with Crippen molar-refractivity contribution in [1.82, 2.24) is 4.57 Å². The Kier molecular flexibility index (Phi) is 5.42. The SMILES string of the molecule is CSc1ccc(OC2CCC(F)(F)CC2)c(-c2cc(C)c(=O)n(C)c2)c1. The predicted octanol–water partition coefficient (Wildman–Crippen LogP) is 5.04. The van der Waals surface area contributed by atoms with E-state index >= 15 is 0 Å². The van der Waals surface area contributed by atoms with Crippen molar-refractivity contribution in [3.8, 4) is 16.9 Å². The van der Waals surface area contributed by atoms with Gasteiger partial charge in [0.1, 0.15) is 5.75 Å². The van der Waals surface area contributed by atoms with E-state index in [4.69, 9.17) is 4.74 Å². The van der Waals surface area contributed by atoms with Gasteiger partial charge in [-0.25, -0.2) is 8.78 Å². The van der Waals surface area contributed by atoms with Crippen LogP contribution >= 0.6 is 11.8 Å². The maximum Gasteiger partial charge on any atom is 0.253 e.